The van der Waals surface area contributed by atoms with Gasteiger partial charge < -0.3 is 16.7 Å². The maximum absolute atomic E-state index is 10.6. The van der Waals surface area contributed by atoms with Gasteiger partial charge in [0.1, 0.15) is 0 Å². The molecule has 0 atom stereocenters. The van der Waals surface area contributed by atoms with Crippen molar-refractivity contribution >= 4 is 24.0 Å². The molecule has 0 spiro atoms. The van der Waals surface area contributed by atoms with Crippen molar-refractivity contribution in [2.75, 3.05) is 0 Å². The molecule has 0 aromatic carbocycles. The Hall–Kier alpha value is -1.42. The second-order valence-corrected chi connectivity index (χ2v) is 1.52. The minimum atomic E-state index is -5.08. The van der Waals surface area contributed by atoms with Crippen LogP contribution in [0.3, 0.4) is 0 Å². The Morgan fingerprint density at radius 2 is 1.18 bits per heavy atom. The van der Waals surface area contributed by atoms with Crippen LogP contribution in [0.4, 0.5) is 13.2 Å². The van der Waals surface area contributed by atoms with Gasteiger partial charge in [-0.1, -0.05) is 0 Å². The fourth-order valence-electron chi connectivity index (χ4n) is 0. The van der Waals surface area contributed by atoms with Gasteiger partial charge in [-0.05, 0) is 0 Å². The van der Waals surface area contributed by atoms with Crippen LogP contribution in [0, 0.1) is 5.41 Å². The first kappa shape index (κ1) is 24.7. The number of carboxylic acid groups (broad SMARTS) is 3. The van der Waals surface area contributed by atoms with E-state index < -0.39 is 24.1 Å². The number of hydrogen-bond donors (Lipinski definition) is 4. The first-order chi connectivity index (χ1) is 7.00. The van der Waals surface area contributed by atoms with Crippen molar-refractivity contribution in [2.24, 2.45) is 0 Å². The third kappa shape index (κ3) is 31.3. The number of carbonyl (C=O) groups excluding carboxylic acids is 1. The molecule has 0 radical (unpaired) electrons. The van der Waals surface area contributed by atoms with Crippen LogP contribution in [0.15, 0.2) is 0 Å². The summed E-state index contributed by atoms with van der Waals surface area (Å²) in [5.41, 5.74) is 0. The van der Waals surface area contributed by atoms with E-state index in [9.17, 15) is 13.2 Å². The largest absolute Gasteiger partial charge is 1.00 e. The molecule has 0 aromatic rings. The van der Waals surface area contributed by atoms with E-state index in [4.69, 9.17) is 39.9 Å². The molecule has 0 rings (SSSR count). The average Bonchev–Trinajstić information content (AvgIpc) is 2.04. The smallest absolute Gasteiger partial charge is 1.00 e. The minimum Gasteiger partial charge on any atom is -1.00 e. The molecule has 0 amide bonds. The standard InChI is InChI=1S/C2HF3O2.C2H2O4.CHNO.Na.H/c3-2(4,5)1(6)7;3-1(4)2(5)6;2-1-3;;/h(H,6,7);(H,3,4)(H,5,6);2H;;/q;;;+1;-1. The summed E-state index contributed by atoms with van der Waals surface area (Å²) in [5.74, 6) is -6.41. The number of carbonyl (C=O) groups is 3. The number of halogens is 3. The Balaban J connectivity index is -0.0000000475. The monoisotopic (exact) mass is 271 g/mol. The average molecular weight is 271 g/mol. The van der Waals surface area contributed by atoms with Crippen molar-refractivity contribution in [2.45, 2.75) is 6.18 Å². The van der Waals surface area contributed by atoms with Gasteiger partial charge >= 0.3 is 53.6 Å². The van der Waals surface area contributed by atoms with Gasteiger partial charge in [-0.15, -0.1) is 0 Å². The summed E-state index contributed by atoms with van der Waals surface area (Å²) in [7, 11) is 0. The summed E-state index contributed by atoms with van der Waals surface area (Å²) in [6.45, 7) is 0. The van der Waals surface area contributed by atoms with Crippen molar-refractivity contribution in [3.8, 4) is 0 Å². The Labute approximate surface area is 114 Å². The molecule has 0 saturated heterocycles. The zero-order valence-corrected chi connectivity index (χ0v) is 10.1. The van der Waals surface area contributed by atoms with E-state index in [1.165, 1.54) is 0 Å². The Morgan fingerprint density at radius 3 is 1.18 bits per heavy atom. The number of hydrogen-bond acceptors (Lipinski definition) is 5. The summed E-state index contributed by atoms with van der Waals surface area (Å²) >= 11 is 0. The van der Waals surface area contributed by atoms with Crippen LogP contribution < -0.4 is 29.6 Å². The minimum absolute atomic E-state index is 0. The molecule has 0 aliphatic carbocycles. The van der Waals surface area contributed by atoms with Gasteiger partial charge in [0.25, 0.3) is 0 Å². The SMILES string of the molecule is N=C=O.O=C(O)C(=O)O.O=C(O)C(F)(F)F.[H-].[Na+]. The molecule has 12 heteroatoms. The maximum Gasteiger partial charge on any atom is 1.00 e. The molecule has 0 heterocycles. The van der Waals surface area contributed by atoms with Gasteiger partial charge in [0.2, 0.25) is 6.08 Å². The predicted molar refractivity (Wildman–Crippen MR) is 38.5 cm³/mol. The van der Waals surface area contributed by atoms with Gasteiger partial charge in [0, 0.05) is 0 Å². The summed E-state index contributed by atoms with van der Waals surface area (Å²) in [6.07, 6.45) is -4.33. The fourth-order valence-corrected chi connectivity index (χ4v) is 0. The van der Waals surface area contributed by atoms with E-state index in [1.807, 2.05) is 0 Å². The molecule has 0 saturated carbocycles. The van der Waals surface area contributed by atoms with Crippen molar-refractivity contribution in [1.29, 1.82) is 5.41 Å². The van der Waals surface area contributed by atoms with Crippen molar-refractivity contribution in [1.82, 2.24) is 0 Å². The van der Waals surface area contributed by atoms with Gasteiger partial charge in [0.15, 0.2) is 0 Å². The summed E-state index contributed by atoms with van der Waals surface area (Å²) in [5, 5.41) is 27.3. The Kier molecular flexibility index (Phi) is 18.4. The zero-order valence-electron chi connectivity index (χ0n) is 9.11. The predicted octanol–water partition coefficient (Wildman–Crippen LogP) is -3.19. The number of nitrogens with one attached hydrogen (secondary N) is 1. The van der Waals surface area contributed by atoms with Crippen LogP contribution in [0.2, 0.25) is 0 Å². The Bertz CT molecular complexity index is 290. The molecule has 17 heavy (non-hydrogen) atoms. The first-order valence-electron chi connectivity index (χ1n) is 2.80. The molecule has 0 aliphatic rings. The molecule has 0 fully saturated rings. The third-order valence-electron chi connectivity index (χ3n) is 0.425. The normalized spacial score (nSPS) is 7.71. The summed E-state index contributed by atoms with van der Waals surface area (Å²) in [6, 6.07) is 0. The van der Waals surface area contributed by atoms with Crippen LogP contribution in [-0.2, 0) is 19.2 Å². The number of carboxylic acids is 3. The molecular weight excluding hydrogens is 266 g/mol. The fraction of sp³-hybridized carbons (Fsp3) is 0.200. The van der Waals surface area contributed by atoms with Crippen LogP contribution in [0.5, 0.6) is 0 Å². The second-order valence-electron chi connectivity index (χ2n) is 1.52. The quantitative estimate of drug-likeness (QED) is 0.157. The molecule has 94 valence electrons. The van der Waals surface area contributed by atoms with Crippen molar-refractivity contribution in [3.63, 3.8) is 0 Å². The van der Waals surface area contributed by atoms with Crippen LogP contribution >= 0.6 is 0 Å². The number of aliphatic carboxylic acids is 3. The second kappa shape index (κ2) is 12.6. The molecule has 8 nitrogen and oxygen atoms in total. The number of alkyl halides is 3. The van der Waals surface area contributed by atoms with Gasteiger partial charge in [-0.3, -0.25) is 0 Å². The van der Waals surface area contributed by atoms with E-state index in [1.54, 1.807) is 0 Å². The molecule has 0 aliphatic heterocycles. The van der Waals surface area contributed by atoms with E-state index in [0.29, 0.717) is 0 Å². The topological polar surface area (TPSA) is 153 Å². The van der Waals surface area contributed by atoms with E-state index >= 15 is 0 Å². The van der Waals surface area contributed by atoms with E-state index in [2.05, 4.69) is 0 Å². The van der Waals surface area contributed by atoms with Crippen LogP contribution in [-0.4, -0.2) is 45.5 Å². The van der Waals surface area contributed by atoms with E-state index in [0.717, 1.165) is 6.08 Å². The van der Waals surface area contributed by atoms with Crippen molar-refractivity contribution < 1.29 is 78.7 Å². The number of isocyanates is 1. The molecule has 0 bridgehead atoms. The van der Waals surface area contributed by atoms with E-state index in [-0.39, 0.29) is 31.0 Å². The maximum atomic E-state index is 10.6. The number of rotatable bonds is 0. The van der Waals surface area contributed by atoms with Gasteiger partial charge in [-0.2, -0.15) is 13.2 Å². The van der Waals surface area contributed by atoms with Gasteiger partial charge in [-0.25, -0.2) is 24.6 Å². The first-order valence-corrected chi connectivity index (χ1v) is 2.80. The molecule has 0 unspecified atom stereocenters. The zero-order chi connectivity index (χ0) is 13.9. The summed E-state index contributed by atoms with van der Waals surface area (Å²) < 4.78 is 31.7. The molecule has 4 N–H and O–H groups in total. The third-order valence-corrected chi connectivity index (χ3v) is 0.425. The molecule has 0 aromatic heterocycles. The van der Waals surface area contributed by atoms with Crippen LogP contribution in [0.25, 0.3) is 0 Å². The summed E-state index contributed by atoms with van der Waals surface area (Å²) in [4.78, 5) is 35.4. The Morgan fingerprint density at radius 1 is 1.06 bits per heavy atom. The van der Waals surface area contributed by atoms with Gasteiger partial charge in [0.05, 0.1) is 0 Å². The van der Waals surface area contributed by atoms with Crippen LogP contribution in [0.1, 0.15) is 1.43 Å². The van der Waals surface area contributed by atoms with Crippen molar-refractivity contribution in [3.05, 3.63) is 0 Å². The molecular formula is C5H5F3NNaO7.